The third-order valence-corrected chi connectivity index (χ3v) is 4.56. The van der Waals surface area contributed by atoms with Gasteiger partial charge in [-0.05, 0) is 31.7 Å². The topological polar surface area (TPSA) is 52.1 Å². The molecule has 1 saturated heterocycles. The molecule has 0 saturated carbocycles. The summed E-state index contributed by atoms with van der Waals surface area (Å²) in [6.07, 6.45) is 2.44. The van der Waals surface area contributed by atoms with Gasteiger partial charge < -0.3 is 25.2 Å². The Balaban J connectivity index is 2.12. The zero-order chi connectivity index (χ0) is 17.8. The van der Waals surface area contributed by atoms with Gasteiger partial charge in [-0.2, -0.15) is 0 Å². The van der Waals surface area contributed by atoms with E-state index < -0.39 is 0 Å². The highest BCUT2D eigenvalue weighted by Crippen LogP contribution is 2.20. The van der Waals surface area contributed by atoms with Crippen LogP contribution in [0.15, 0.2) is 4.99 Å². The number of methoxy groups -OCH3 is 1. The van der Waals surface area contributed by atoms with Crippen LogP contribution in [0, 0.1) is 11.8 Å². The number of piperidine rings is 1. The van der Waals surface area contributed by atoms with Gasteiger partial charge in [0, 0.05) is 66.6 Å². The molecule has 1 aliphatic heterocycles. The van der Waals surface area contributed by atoms with Gasteiger partial charge in [0.15, 0.2) is 5.96 Å². The van der Waals surface area contributed by atoms with Gasteiger partial charge in [0.25, 0.3) is 0 Å². The van der Waals surface area contributed by atoms with Gasteiger partial charge in [0.1, 0.15) is 0 Å². The molecule has 0 aromatic rings. The van der Waals surface area contributed by atoms with Crippen LogP contribution < -0.4 is 10.6 Å². The van der Waals surface area contributed by atoms with Crippen LogP contribution in [0.4, 0.5) is 0 Å². The molecule has 0 aromatic carbocycles. The minimum Gasteiger partial charge on any atom is -0.385 e. The number of ether oxygens (including phenoxy) is 1. The summed E-state index contributed by atoms with van der Waals surface area (Å²) in [6, 6.07) is 0. The number of guanidine groups is 1. The fraction of sp³-hybridized carbons (Fsp3) is 0.944. The van der Waals surface area contributed by atoms with Crippen LogP contribution in [0.3, 0.4) is 0 Å². The molecule has 0 bridgehead atoms. The molecule has 24 heavy (non-hydrogen) atoms. The van der Waals surface area contributed by atoms with E-state index in [0.29, 0.717) is 0 Å². The second-order valence-corrected chi connectivity index (χ2v) is 7.28. The molecule has 0 aromatic heterocycles. The zero-order valence-corrected chi connectivity index (χ0v) is 16.5. The average Bonchev–Trinajstić information content (AvgIpc) is 2.52. The molecule has 1 aliphatic rings. The average molecular weight is 342 g/mol. The van der Waals surface area contributed by atoms with Crippen LogP contribution in [-0.2, 0) is 4.74 Å². The number of aliphatic imine (C=N–C) groups is 1. The predicted octanol–water partition coefficient (Wildman–Crippen LogP) is 1.10. The summed E-state index contributed by atoms with van der Waals surface area (Å²) in [6.45, 7) is 13.0. The predicted molar refractivity (Wildman–Crippen MR) is 103 cm³/mol. The normalized spacial score (nSPS) is 22.8. The molecule has 2 atom stereocenters. The second-order valence-electron chi connectivity index (χ2n) is 7.28. The van der Waals surface area contributed by atoms with Gasteiger partial charge in [0.05, 0.1) is 0 Å². The molecule has 2 unspecified atom stereocenters. The summed E-state index contributed by atoms with van der Waals surface area (Å²) in [4.78, 5) is 9.20. The van der Waals surface area contributed by atoms with Crippen molar-refractivity contribution in [3.05, 3.63) is 0 Å². The maximum atomic E-state index is 5.08. The van der Waals surface area contributed by atoms with E-state index in [1.54, 1.807) is 7.11 Å². The lowest BCUT2D eigenvalue weighted by Crippen LogP contribution is -2.46. The summed E-state index contributed by atoms with van der Waals surface area (Å²) in [7, 11) is 5.73. The van der Waals surface area contributed by atoms with Crippen molar-refractivity contribution in [2.45, 2.75) is 26.7 Å². The van der Waals surface area contributed by atoms with E-state index in [0.717, 1.165) is 63.5 Å². The Bertz CT molecular complexity index is 340. The Hall–Kier alpha value is -0.850. The molecule has 1 fully saturated rings. The Morgan fingerprint density at radius 1 is 1.17 bits per heavy atom. The quantitative estimate of drug-likeness (QED) is 0.354. The SMILES string of the molecule is CN=C(NCCN(C)CCCOC)NCCN1CC(C)CC(C)C1. The summed E-state index contributed by atoms with van der Waals surface area (Å²) in [5.74, 6) is 2.54. The maximum absolute atomic E-state index is 5.08. The van der Waals surface area contributed by atoms with E-state index in [1.165, 1.54) is 19.5 Å². The number of likely N-dealkylation sites (tertiary alicyclic amines) is 1. The van der Waals surface area contributed by atoms with Crippen molar-refractivity contribution in [1.82, 2.24) is 20.4 Å². The number of nitrogens with zero attached hydrogens (tertiary/aromatic N) is 3. The third kappa shape index (κ3) is 9.45. The molecule has 1 heterocycles. The van der Waals surface area contributed by atoms with Crippen LogP contribution >= 0.6 is 0 Å². The van der Waals surface area contributed by atoms with E-state index >= 15 is 0 Å². The number of nitrogens with one attached hydrogen (secondary N) is 2. The van der Waals surface area contributed by atoms with Crippen molar-refractivity contribution in [2.75, 3.05) is 73.6 Å². The van der Waals surface area contributed by atoms with Crippen LogP contribution in [0.25, 0.3) is 0 Å². The molecular weight excluding hydrogens is 302 g/mol. The molecular formula is C18H39N5O. The standard InChI is InChI=1S/C18H39N5O/c1-16-13-17(2)15-23(14-16)11-8-21-18(19-3)20-7-10-22(4)9-6-12-24-5/h16-17H,6-15H2,1-5H3,(H2,19,20,21). The van der Waals surface area contributed by atoms with E-state index in [2.05, 4.69) is 46.3 Å². The van der Waals surface area contributed by atoms with Crippen molar-refractivity contribution < 1.29 is 4.74 Å². The lowest BCUT2D eigenvalue weighted by molar-refractivity contribution is 0.143. The van der Waals surface area contributed by atoms with Gasteiger partial charge in [-0.3, -0.25) is 4.99 Å². The molecule has 0 radical (unpaired) electrons. The summed E-state index contributed by atoms with van der Waals surface area (Å²) in [5.41, 5.74) is 0. The summed E-state index contributed by atoms with van der Waals surface area (Å²) < 4.78 is 5.08. The third-order valence-electron chi connectivity index (χ3n) is 4.56. The highest BCUT2D eigenvalue weighted by molar-refractivity contribution is 5.79. The van der Waals surface area contributed by atoms with Crippen molar-refractivity contribution >= 4 is 5.96 Å². The smallest absolute Gasteiger partial charge is 0.191 e. The minimum atomic E-state index is 0.819. The van der Waals surface area contributed by atoms with Crippen LogP contribution in [0.1, 0.15) is 26.7 Å². The highest BCUT2D eigenvalue weighted by atomic mass is 16.5. The van der Waals surface area contributed by atoms with Gasteiger partial charge in [-0.15, -0.1) is 0 Å². The number of likely N-dealkylation sites (N-methyl/N-ethyl adjacent to an activating group) is 1. The highest BCUT2D eigenvalue weighted by Gasteiger charge is 2.21. The molecule has 6 heteroatoms. The summed E-state index contributed by atoms with van der Waals surface area (Å²) in [5, 5.41) is 6.82. The molecule has 0 amide bonds. The van der Waals surface area contributed by atoms with Gasteiger partial charge in [0.2, 0.25) is 0 Å². The second kappa shape index (κ2) is 12.5. The lowest BCUT2D eigenvalue weighted by atomic mass is 9.92. The Morgan fingerprint density at radius 3 is 2.46 bits per heavy atom. The fourth-order valence-corrected chi connectivity index (χ4v) is 3.48. The number of hydrogen-bond acceptors (Lipinski definition) is 4. The van der Waals surface area contributed by atoms with Crippen LogP contribution in [-0.4, -0.2) is 89.4 Å². The van der Waals surface area contributed by atoms with Crippen LogP contribution in [0.5, 0.6) is 0 Å². The lowest BCUT2D eigenvalue weighted by Gasteiger charge is -2.35. The largest absolute Gasteiger partial charge is 0.385 e. The molecule has 0 aliphatic carbocycles. The van der Waals surface area contributed by atoms with Gasteiger partial charge in [-0.1, -0.05) is 13.8 Å². The first kappa shape index (κ1) is 21.2. The molecule has 6 nitrogen and oxygen atoms in total. The van der Waals surface area contributed by atoms with Crippen molar-refractivity contribution in [1.29, 1.82) is 0 Å². The Labute approximate surface area is 149 Å². The molecule has 1 rings (SSSR count). The maximum Gasteiger partial charge on any atom is 0.191 e. The summed E-state index contributed by atoms with van der Waals surface area (Å²) >= 11 is 0. The van der Waals surface area contributed by atoms with Crippen molar-refractivity contribution in [3.63, 3.8) is 0 Å². The number of hydrogen-bond donors (Lipinski definition) is 2. The Morgan fingerprint density at radius 2 is 1.83 bits per heavy atom. The zero-order valence-electron chi connectivity index (χ0n) is 16.5. The van der Waals surface area contributed by atoms with E-state index in [4.69, 9.17) is 4.74 Å². The van der Waals surface area contributed by atoms with E-state index in [-0.39, 0.29) is 0 Å². The number of rotatable bonds is 10. The molecule has 0 spiro atoms. The van der Waals surface area contributed by atoms with Crippen LogP contribution in [0.2, 0.25) is 0 Å². The van der Waals surface area contributed by atoms with E-state index in [9.17, 15) is 0 Å². The first-order valence-electron chi connectivity index (χ1n) is 9.39. The fourth-order valence-electron chi connectivity index (χ4n) is 3.48. The molecule has 142 valence electrons. The van der Waals surface area contributed by atoms with Gasteiger partial charge >= 0.3 is 0 Å². The molecule has 2 N–H and O–H groups in total. The van der Waals surface area contributed by atoms with Crippen molar-refractivity contribution in [3.8, 4) is 0 Å². The van der Waals surface area contributed by atoms with E-state index in [1.807, 2.05) is 7.05 Å². The Kier molecular flexibility index (Phi) is 11.0. The van der Waals surface area contributed by atoms with Crippen molar-refractivity contribution in [2.24, 2.45) is 16.8 Å². The monoisotopic (exact) mass is 341 g/mol. The first-order chi connectivity index (χ1) is 11.5. The minimum absolute atomic E-state index is 0.819. The first-order valence-corrected chi connectivity index (χ1v) is 9.39. The van der Waals surface area contributed by atoms with Gasteiger partial charge in [-0.25, -0.2) is 0 Å².